The first kappa shape index (κ1) is 14.1. The van der Waals surface area contributed by atoms with Crippen LogP contribution in [0.1, 0.15) is 69.7 Å². The summed E-state index contributed by atoms with van der Waals surface area (Å²) in [4.78, 5) is 0. The summed E-state index contributed by atoms with van der Waals surface area (Å²) in [5, 5.41) is 0. The Kier molecular flexibility index (Phi) is 3.18. The van der Waals surface area contributed by atoms with Crippen molar-refractivity contribution >= 4 is 0 Å². The van der Waals surface area contributed by atoms with Gasteiger partial charge in [0.2, 0.25) is 0 Å². The predicted octanol–water partition coefficient (Wildman–Crippen LogP) is 5.54. The zero-order valence-electron chi connectivity index (χ0n) is 14.3. The van der Waals surface area contributed by atoms with Gasteiger partial charge in [0.15, 0.2) is 0 Å². The highest BCUT2D eigenvalue weighted by Crippen LogP contribution is 2.49. The molecular weight excluding hydrogens is 264 g/mol. The first-order valence-corrected chi connectivity index (χ1v) is 8.80. The number of aryl methyl sites for hydroxylation is 2. The minimum atomic E-state index is 0.743. The monoisotopic (exact) mass is 290 g/mol. The third-order valence-electron chi connectivity index (χ3n) is 6.31. The molecule has 0 saturated carbocycles. The topological polar surface area (TPSA) is 0 Å². The molecule has 0 nitrogen and oxygen atoms in total. The van der Waals surface area contributed by atoms with Crippen LogP contribution in [-0.2, 0) is 19.3 Å². The van der Waals surface area contributed by atoms with Crippen molar-refractivity contribution in [1.29, 1.82) is 0 Å². The highest BCUT2D eigenvalue weighted by atomic mass is 14.4. The maximum absolute atomic E-state index is 2.43. The lowest BCUT2D eigenvalue weighted by Crippen LogP contribution is -2.27. The highest BCUT2D eigenvalue weighted by molar-refractivity contribution is 5.52. The molecule has 0 heterocycles. The normalized spacial score (nSPS) is 22.2. The Hall–Kier alpha value is -1.56. The summed E-state index contributed by atoms with van der Waals surface area (Å²) in [6, 6.07) is 9.55. The van der Waals surface area contributed by atoms with E-state index >= 15 is 0 Å². The number of hydrogen-bond donors (Lipinski definition) is 0. The van der Waals surface area contributed by atoms with Crippen LogP contribution in [0.2, 0.25) is 0 Å². The fraction of sp³-hybridized carbons (Fsp3) is 0.455. The summed E-state index contributed by atoms with van der Waals surface area (Å²) in [5.41, 5.74) is 12.8. The second-order valence-electron chi connectivity index (χ2n) is 7.40. The van der Waals surface area contributed by atoms with Crippen molar-refractivity contribution in [3.05, 3.63) is 68.8 Å². The van der Waals surface area contributed by atoms with Crippen molar-refractivity contribution < 1.29 is 0 Å². The molecule has 0 spiro atoms. The molecule has 4 rings (SSSR count). The van der Waals surface area contributed by atoms with Crippen LogP contribution < -0.4 is 0 Å². The van der Waals surface area contributed by atoms with E-state index in [4.69, 9.17) is 0 Å². The Morgan fingerprint density at radius 1 is 0.818 bits per heavy atom. The van der Waals surface area contributed by atoms with Crippen LogP contribution >= 0.6 is 0 Å². The van der Waals surface area contributed by atoms with E-state index in [1.165, 1.54) is 36.8 Å². The van der Waals surface area contributed by atoms with Crippen molar-refractivity contribution in [3.63, 3.8) is 0 Å². The van der Waals surface area contributed by atoms with Crippen LogP contribution in [0.25, 0.3) is 0 Å². The smallest absolute Gasteiger partial charge is 0.0113 e. The van der Waals surface area contributed by atoms with Gasteiger partial charge in [0.1, 0.15) is 0 Å². The molecule has 114 valence electrons. The summed E-state index contributed by atoms with van der Waals surface area (Å²) in [6.07, 6.45) is 5.04. The third-order valence-corrected chi connectivity index (χ3v) is 6.31. The standard InChI is InChI=1S/C22H26/c1-5-18-14(3)7-9-20-16-10-17(12-22(18)20)19-8-6-13(2)15(4)21(19)11-16/h6-9,16-17H,5,10-12H2,1-4H3. The summed E-state index contributed by atoms with van der Waals surface area (Å²) in [5.74, 6) is 1.49. The van der Waals surface area contributed by atoms with Gasteiger partial charge in [-0.1, -0.05) is 31.2 Å². The molecule has 2 bridgehead atoms. The van der Waals surface area contributed by atoms with E-state index in [1.54, 1.807) is 33.4 Å². The molecule has 2 atom stereocenters. The largest absolute Gasteiger partial charge is 0.0613 e. The molecule has 2 aromatic rings. The lowest BCUT2D eigenvalue weighted by molar-refractivity contribution is 0.454. The number of benzene rings is 2. The van der Waals surface area contributed by atoms with Crippen LogP contribution in [0.3, 0.4) is 0 Å². The van der Waals surface area contributed by atoms with Crippen molar-refractivity contribution in [2.24, 2.45) is 0 Å². The van der Waals surface area contributed by atoms with Crippen LogP contribution in [0.15, 0.2) is 24.3 Å². The van der Waals surface area contributed by atoms with Gasteiger partial charge in [0, 0.05) is 0 Å². The van der Waals surface area contributed by atoms with Gasteiger partial charge in [-0.25, -0.2) is 0 Å². The second kappa shape index (κ2) is 4.98. The van der Waals surface area contributed by atoms with E-state index in [0.717, 1.165) is 11.8 Å². The van der Waals surface area contributed by atoms with E-state index in [0.29, 0.717) is 0 Å². The molecule has 0 fully saturated rings. The summed E-state index contributed by atoms with van der Waals surface area (Å²) in [7, 11) is 0. The molecule has 0 amide bonds. The Morgan fingerprint density at radius 3 is 2.09 bits per heavy atom. The van der Waals surface area contributed by atoms with Crippen molar-refractivity contribution in [2.45, 2.75) is 65.2 Å². The van der Waals surface area contributed by atoms with Crippen LogP contribution in [-0.4, -0.2) is 0 Å². The fourth-order valence-corrected chi connectivity index (χ4v) is 4.97. The quantitative estimate of drug-likeness (QED) is 0.646. The van der Waals surface area contributed by atoms with E-state index in [1.807, 2.05) is 0 Å². The zero-order valence-corrected chi connectivity index (χ0v) is 14.3. The van der Waals surface area contributed by atoms with Gasteiger partial charge in [-0.15, -0.1) is 0 Å². The molecule has 0 aliphatic heterocycles. The average Bonchev–Trinajstić information content (AvgIpc) is 2.51. The molecule has 2 aliphatic carbocycles. The number of hydrogen-bond acceptors (Lipinski definition) is 0. The first-order valence-electron chi connectivity index (χ1n) is 8.80. The zero-order chi connectivity index (χ0) is 15.4. The lowest BCUT2D eigenvalue weighted by atomic mass is 9.64. The first-order chi connectivity index (χ1) is 10.6. The Bertz CT molecular complexity index is 751. The Morgan fingerprint density at radius 2 is 1.41 bits per heavy atom. The van der Waals surface area contributed by atoms with E-state index in [9.17, 15) is 0 Å². The second-order valence-corrected chi connectivity index (χ2v) is 7.40. The van der Waals surface area contributed by atoms with E-state index in [-0.39, 0.29) is 0 Å². The Balaban J connectivity index is 1.87. The van der Waals surface area contributed by atoms with E-state index in [2.05, 4.69) is 52.0 Å². The van der Waals surface area contributed by atoms with Crippen molar-refractivity contribution in [3.8, 4) is 0 Å². The molecule has 2 unspecified atom stereocenters. The molecule has 0 heteroatoms. The SMILES string of the molecule is CCc1c(C)ccc2c1CC1CC2Cc2c1ccc(C)c2C. The summed E-state index contributed by atoms with van der Waals surface area (Å²) >= 11 is 0. The van der Waals surface area contributed by atoms with Gasteiger partial charge in [-0.2, -0.15) is 0 Å². The van der Waals surface area contributed by atoms with Crippen molar-refractivity contribution in [2.75, 3.05) is 0 Å². The fourth-order valence-electron chi connectivity index (χ4n) is 4.97. The van der Waals surface area contributed by atoms with Crippen molar-refractivity contribution in [1.82, 2.24) is 0 Å². The molecule has 0 radical (unpaired) electrons. The van der Waals surface area contributed by atoms with Crippen LogP contribution in [0, 0.1) is 20.8 Å². The highest BCUT2D eigenvalue weighted by Gasteiger charge is 2.35. The molecule has 2 aromatic carbocycles. The lowest BCUT2D eigenvalue weighted by Gasteiger charge is -2.40. The molecular formula is C22H26. The molecule has 22 heavy (non-hydrogen) atoms. The molecule has 2 aliphatic rings. The van der Waals surface area contributed by atoms with Gasteiger partial charge < -0.3 is 0 Å². The average molecular weight is 290 g/mol. The minimum absolute atomic E-state index is 0.743. The summed E-state index contributed by atoms with van der Waals surface area (Å²) < 4.78 is 0. The molecule has 0 N–H and O–H groups in total. The van der Waals surface area contributed by atoms with Crippen LogP contribution in [0.4, 0.5) is 0 Å². The third kappa shape index (κ3) is 1.89. The maximum atomic E-state index is 2.43. The van der Waals surface area contributed by atoms with Gasteiger partial charge >= 0.3 is 0 Å². The van der Waals surface area contributed by atoms with E-state index < -0.39 is 0 Å². The van der Waals surface area contributed by atoms with Crippen LogP contribution in [0.5, 0.6) is 0 Å². The maximum Gasteiger partial charge on any atom is -0.0113 e. The minimum Gasteiger partial charge on any atom is -0.0613 e. The molecule has 0 aromatic heterocycles. The van der Waals surface area contributed by atoms with Gasteiger partial charge in [0.05, 0.1) is 0 Å². The van der Waals surface area contributed by atoms with Gasteiger partial charge in [0.25, 0.3) is 0 Å². The number of fused-ring (bicyclic) bond motifs is 6. The van der Waals surface area contributed by atoms with Gasteiger partial charge in [-0.3, -0.25) is 0 Å². The number of rotatable bonds is 1. The van der Waals surface area contributed by atoms with Gasteiger partial charge in [-0.05, 0) is 103 Å². The summed E-state index contributed by atoms with van der Waals surface area (Å²) in [6.45, 7) is 9.18. The molecule has 0 saturated heterocycles. The predicted molar refractivity (Wildman–Crippen MR) is 94.0 cm³/mol. The Labute approximate surface area is 134 Å².